The predicted molar refractivity (Wildman–Crippen MR) is 91.9 cm³/mol. The molecule has 2 aromatic rings. The molecule has 0 fully saturated rings. The highest BCUT2D eigenvalue weighted by molar-refractivity contribution is 5.81. The van der Waals surface area contributed by atoms with Crippen molar-refractivity contribution in [2.75, 3.05) is 19.0 Å². The molecule has 24 heavy (non-hydrogen) atoms. The van der Waals surface area contributed by atoms with E-state index in [1.54, 1.807) is 62.6 Å². The van der Waals surface area contributed by atoms with E-state index in [0.29, 0.717) is 17.0 Å². The Balaban J connectivity index is 2.34. The van der Waals surface area contributed by atoms with Crippen LogP contribution in [0.2, 0.25) is 0 Å². The minimum absolute atomic E-state index is 0.127. The molecule has 0 radical (unpaired) electrons. The van der Waals surface area contributed by atoms with Crippen LogP contribution in [0.3, 0.4) is 0 Å². The van der Waals surface area contributed by atoms with E-state index < -0.39 is 17.7 Å². The standard InChI is InChI=1S/C19H22FNO3/c1-4-24-18(22)19(2,20)17(14-8-6-5-7-9-14)21-15-10-12-16(23-3)13-11-15/h5-13,17,21H,4H2,1-3H3. The number of carbonyl (C=O) groups is 1. The predicted octanol–water partition coefficient (Wildman–Crippen LogP) is 4.14. The van der Waals surface area contributed by atoms with Crippen molar-refractivity contribution in [3.8, 4) is 5.75 Å². The summed E-state index contributed by atoms with van der Waals surface area (Å²) in [6, 6.07) is 15.2. The van der Waals surface area contributed by atoms with E-state index in [2.05, 4.69) is 5.32 Å². The fourth-order valence-electron chi connectivity index (χ4n) is 2.42. The van der Waals surface area contributed by atoms with Gasteiger partial charge in [-0.1, -0.05) is 30.3 Å². The van der Waals surface area contributed by atoms with Crippen molar-refractivity contribution in [3.63, 3.8) is 0 Å². The summed E-state index contributed by atoms with van der Waals surface area (Å²) in [5, 5.41) is 3.09. The second-order valence-electron chi connectivity index (χ2n) is 5.51. The number of halogens is 1. The van der Waals surface area contributed by atoms with Crippen molar-refractivity contribution >= 4 is 11.7 Å². The number of ether oxygens (including phenoxy) is 2. The molecule has 0 aliphatic heterocycles. The zero-order valence-electron chi connectivity index (χ0n) is 14.1. The molecule has 0 saturated carbocycles. The molecule has 0 aliphatic carbocycles. The molecule has 0 spiro atoms. The minimum atomic E-state index is -2.22. The van der Waals surface area contributed by atoms with Crippen molar-refractivity contribution in [1.82, 2.24) is 0 Å². The fourth-order valence-corrected chi connectivity index (χ4v) is 2.42. The van der Waals surface area contributed by atoms with E-state index >= 15 is 4.39 Å². The summed E-state index contributed by atoms with van der Waals surface area (Å²) in [6.45, 7) is 3.02. The van der Waals surface area contributed by atoms with Crippen molar-refractivity contribution in [2.45, 2.75) is 25.6 Å². The summed E-state index contributed by atoms with van der Waals surface area (Å²) < 4.78 is 25.3. The van der Waals surface area contributed by atoms with Crippen LogP contribution in [0.4, 0.5) is 10.1 Å². The Labute approximate surface area is 141 Å². The number of carbonyl (C=O) groups excluding carboxylic acids is 1. The number of methoxy groups -OCH3 is 1. The highest BCUT2D eigenvalue weighted by Crippen LogP contribution is 2.34. The number of benzene rings is 2. The molecule has 2 aromatic carbocycles. The Morgan fingerprint density at radius 3 is 2.33 bits per heavy atom. The Bertz CT molecular complexity index is 656. The zero-order valence-corrected chi connectivity index (χ0v) is 14.1. The third kappa shape index (κ3) is 4.04. The van der Waals surface area contributed by atoms with Crippen LogP contribution in [-0.2, 0) is 9.53 Å². The van der Waals surface area contributed by atoms with Crippen LogP contribution in [0.1, 0.15) is 25.5 Å². The van der Waals surface area contributed by atoms with Crippen molar-refractivity contribution in [1.29, 1.82) is 0 Å². The number of hydrogen-bond donors (Lipinski definition) is 1. The molecule has 5 heteroatoms. The molecule has 2 atom stereocenters. The number of rotatable bonds is 7. The minimum Gasteiger partial charge on any atom is -0.497 e. The second-order valence-corrected chi connectivity index (χ2v) is 5.51. The molecule has 2 unspecified atom stereocenters. The highest BCUT2D eigenvalue weighted by atomic mass is 19.1. The summed E-state index contributed by atoms with van der Waals surface area (Å²) in [5.74, 6) is -0.190. The largest absolute Gasteiger partial charge is 0.497 e. The molecular formula is C19H22FNO3. The van der Waals surface area contributed by atoms with Gasteiger partial charge in [-0.25, -0.2) is 9.18 Å². The van der Waals surface area contributed by atoms with Gasteiger partial charge in [0.25, 0.3) is 0 Å². The topological polar surface area (TPSA) is 47.6 Å². The average Bonchev–Trinajstić information content (AvgIpc) is 2.61. The van der Waals surface area contributed by atoms with Crippen molar-refractivity contribution < 1.29 is 18.7 Å². The molecule has 0 heterocycles. The highest BCUT2D eigenvalue weighted by Gasteiger charge is 2.44. The van der Waals surface area contributed by atoms with Gasteiger partial charge in [0.1, 0.15) is 5.75 Å². The third-order valence-electron chi connectivity index (χ3n) is 3.75. The van der Waals surface area contributed by atoms with Gasteiger partial charge in [0.15, 0.2) is 0 Å². The maximum atomic E-state index is 15.3. The summed E-state index contributed by atoms with van der Waals surface area (Å²) >= 11 is 0. The summed E-state index contributed by atoms with van der Waals surface area (Å²) in [5.41, 5.74) is -0.888. The molecule has 0 amide bonds. The number of nitrogens with one attached hydrogen (secondary N) is 1. The normalized spacial score (nSPS) is 14.3. The molecular weight excluding hydrogens is 309 g/mol. The summed E-state index contributed by atoms with van der Waals surface area (Å²) in [6.07, 6.45) is 0. The Morgan fingerprint density at radius 2 is 1.79 bits per heavy atom. The summed E-state index contributed by atoms with van der Waals surface area (Å²) in [7, 11) is 1.58. The van der Waals surface area contributed by atoms with Gasteiger partial charge >= 0.3 is 5.97 Å². The number of esters is 1. The molecule has 0 aliphatic rings. The molecule has 1 N–H and O–H groups in total. The molecule has 0 bridgehead atoms. The summed E-state index contributed by atoms with van der Waals surface area (Å²) in [4.78, 5) is 12.1. The first-order valence-electron chi connectivity index (χ1n) is 7.80. The van der Waals surface area contributed by atoms with Gasteiger partial charge in [0, 0.05) is 5.69 Å². The maximum Gasteiger partial charge on any atom is 0.346 e. The van der Waals surface area contributed by atoms with E-state index in [1.807, 2.05) is 6.07 Å². The first-order chi connectivity index (χ1) is 11.5. The molecule has 128 valence electrons. The molecule has 0 saturated heterocycles. The third-order valence-corrected chi connectivity index (χ3v) is 3.75. The SMILES string of the molecule is CCOC(=O)C(C)(F)C(Nc1ccc(OC)cc1)c1ccccc1. The first-order valence-corrected chi connectivity index (χ1v) is 7.80. The van der Waals surface area contributed by atoms with Gasteiger partial charge in [0.2, 0.25) is 5.67 Å². The lowest BCUT2D eigenvalue weighted by Crippen LogP contribution is -2.42. The van der Waals surface area contributed by atoms with Crippen LogP contribution in [-0.4, -0.2) is 25.4 Å². The van der Waals surface area contributed by atoms with Crippen LogP contribution in [0.25, 0.3) is 0 Å². The van der Waals surface area contributed by atoms with Gasteiger partial charge in [0.05, 0.1) is 19.8 Å². The molecule has 2 rings (SSSR count). The van der Waals surface area contributed by atoms with Gasteiger partial charge in [-0.3, -0.25) is 0 Å². The van der Waals surface area contributed by atoms with Gasteiger partial charge in [-0.15, -0.1) is 0 Å². The number of anilines is 1. The lowest BCUT2D eigenvalue weighted by atomic mass is 9.91. The van der Waals surface area contributed by atoms with Crippen LogP contribution < -0.4 is 10.1 Å². The fraction of sp³-hybridized carbons (Fsp3) is 0.316. The van der Waals surface area contributed by atoms with Crippen LogP contribution in [0.5, 0.6) is 5.75 Å². The first kappa shape index (κ1) is 17.8. The van der Waals surface area contributed by atoms with E-state index in [-0.39, 0.29) is 6.61 Å². The quantitative estimate of drug-likeness (QED) is 0.775. The van der Waals surface area contributed by atoms with E-state index in [4.69, 9.17) is 9.47 Å². The zero-order chi connectivity index (χ0) is 17.6. The maximum absolute atomic E-state index is 15.3. The van der Waals surface area contributed by atoms with E-state index in [9.17, 15) is 4.79 Å². The van der Waals surface area contributed by atoms with Crippen LogP contribution in [0.15, 0.2) is 54.6 Å². The Hall–Kier alpha value is -2.56. The molecule has 4 nitrogen and oxygen atoms in total. The smallest absolute Gasteiger partial charge is 0.346 e. The van der Waals surface area contributed by atoms with Crippen molar-refractivity contribution in [3.05, 3.63) is 60.2 Å². The Kier molecular flexibility index (Phi) is 5.79. The number of alkyl halides is 1. The number of hydrogen-bond acceptors (Lipinski definition) is 4. The monoisotopic (exact) mass is 331 g/mol. The Morgan fingerprint density at radius 1 is 1.17 bits per heavy atom. The van der Waals surface area contributed by atoms with E-state index in [0.717, 1.165) is 0 Å². The average molecular weight is 331 g/mol. The second kappa shape index (κ2) is 7.81. The van der Waals surface area contributed by atoms with Gasteiger partial charge < -0.3 is 14.8 Å². The van der Waals surface area contributed by atoms with Crippen molar-refractivity contribution in [2.24, 2.45) is 0 Å². The van der Waals surface area contributed by atoms with Gasteiger partial charge in [-0.2, -0.15) is 0 Å². The lowest BCUT2D eigenvalue weighted by Gasteiger charge is -2.30. The van der Waals surface area contributed by atoms with E-state index in [1.165, 1.54) is 6.92 Å². The van der Waals surface area contributed by atoms with Gasteiger partial charge in [-0.05, 0) is 43.7 Å². The molecule has 0 aromatic heterocycles. The van der Waals surface area contributed by atoms with Crippen LogP contribution in [0, 0.1) is 0 Å². The lowest BCUT2D eigenvalue weighted by molar-refractivity contribution is -0.157. The van der Waals surface area contributed by atoms with Crippen LogP contribution >= 0.6 is 0 Å².